The first-order valence-electron chi connectivity index (χ1n) is 4.65. The van der Waals surface area contributed by atoms with Crippen molar-refractivity contribution in [3.63, 3.8) is 0 Å². The second-order valence-corrected chi connectivity index (χ2v) is 3.26. The Balaban J connectivity index is 1.95. The fraction of sp³-hybridized carbons (Fsp3) is 0.0769. The largest absolute Gasteiger partial charge is 0.294 e. The van der Waals surface area contributed by atoms with Gasteiger partial charge in [0.05, 0.1) is 0 Å². The molecule has 1 aliphatic rings. The van der Waals surface area contributed by atoms with Crippen molar-refractivity contribution in [1.29, 1.82) is 0 Å². The minimum absolute atomic E-state index is 0.178. The number of hydrogen-bond donors (Lipinski definition) is 0. The van der Waals surface area contributed by atoms with Crippen LogP contribution in [-0.2, 0) is 0 Å². The van der Waals surface area contributed by atoms with Gasteiger partial charge in [-0.15, -0.1) is 0 Å². The molecule has 0 aromatic heterocycles. The van der Waals surface area contributed by atoms with Gasteiger partial charge in [0, 0.05) is 12.0 Å². The molecular weight excluding hydrogens is 172 g/mol. The maximum absolute atomic E-state index is 11.7. The van der Waals surface area contributed by atoms with Gasteiger partial charge < -0.3 is 0 Å². The molecule has 1 heteroatoms. The van der Waals surface area contributed by atoms with Crippen molar-refractivity contribution in [2.75, 3.05) is 0 Å². The van der Waals surface area contributed by atoms with Crippen molar-refractivity contribution >= 4 is 5.78 Å². The van der Waals surface area contributed by atoms with E-state index in [1.807, 2.05) is 56.0 Å². The van der Waals surface area contributed by atoms with E-state index in [4.69, 9.17) is 0 Å². The third-order valence-electron chi connectivity index (χ3n) is 2.19. The van der Waals surface area contributed by atoms with E-state index in [1.165, 1.54) is 0 Å². The van der Waals surface area contributed by atoms with Gasteiger partial charge in [0.2, 0.25) is 0 Å². The summed E-state index contributed by atoms with van der Waals surface area (Å²) in [5.41, 5.74) is 0.786. The summed E-state index contributed by atoms with van der Waals surface area (Å²) in [6.07, 6.45) is 8.35. The second kappa shape index (κ2) is 4.41. The zero-order valence-corrected chi connectivity index (χ0v) is 7.81. The summed E-state index contributed by atoms with van der Waals surface area (Å²) < 4.78 is 0. The van der Waals surface area contributed by atoms with Gasteiger partial charge in [0.1, 0.15) is 0 Å². The lowest BCUT2D eigenvalue weighted by atomic mass is 9.97. The Bertz CT molecular complexity index is 296. The summed E-state index contributed by atoms with van der Waals surface area (Å²) >= 11 is 0. The molecule has 0 bridgehead atoms. The van der Waals surface area contributed by atoms with E-state index in [9.17, 15) is 4.79 Å². The lowest BCUT2D eigenvalue weighted by Crippen LogP contribution is -2.04. The van der Waals surface area contributed by atoms with E-state index < -0.39 is 0 Å². The molecule has 1 fully saturated rings. The van der Waals surface area contributed by atoms with Gasteiger partial charge in [-0.1, -0.05) is 30.3 Å². The standard InChI is InChI=1S/C13H11O/c14-13(10-11-6-4-5-7-11)12-8-2-1-3-9-12/h1-9H,10H2. The highest BCUT2D eigenvalue weighted by Gasteiger charge is 2.20. The SMILES string of the molecule is O=C(C[C]1[CH][CH][CH][CH]1)c1ccccc1. The Morgan fingerprint density at radius 1 is 1.00 bits per heavy atom. The van der Waals surface area contributed by atoms with Crippen molar-refractivity contribution in [3.05, 3.63) is 67.5 Å². The normalized spacial score (nSPS) is 17.1. The van der Waals surface area contributed by atoms with Crippen molar-refractivity contribution in [1.82, 2.24) is 0 Å². The van der Waals surface area contributed by atoms with E-state index >= 15 is 0 Å². The monoisotopic (exact) mass is 183 g/mol. The highest BCUT2D eigenvalue weighted by atomic mass is 16.1. The summed E-state index contributed by atoms with van der Waals surface area (Å²) in [6, 6.07) is 9.40. The van der Waals surface area contributed by atoms with Crippen molar-refractivity contribution < 1.29 is 4.79 Å². The van der Waals surface area contributed by atoms with Crippen molar-refractivity contribution in [2.45, 2.75) is 6.42 Å². The molecule has 0 atom stereocenters. The fourth-order valence-electron chi connectivity index (χ4n) is 1.44. The first-order valence-corrected chi connectivity index (χ1v) is 4.65. The number of carbonyl (C=O) groups excluding carboxylic acids is 1. The molecule has 1 nitrogen and oxygen atoms in total. The van der Waals surface area contributed by atoms with Crippen LogP contribution in [0.1, 0.15) is 16.8 Å². The van der Waals surface area contributed by atoms with Gasteiger partial charge in [-0.2, -0.15) is 0 Å². The molecular formula is C13H11O. The van der Waals surface area contributed by atoms with Crippen LogP contribution in [0, 0.1) is 31.6 Å². The molecule has 0 aliphatic heterocycles. The molecule has 0 amide bonds. The topological polar surface area (TPSA) is 17.1 Å². The number of carbonyl (C=O) groups is 1. The Labute approximate surface area is 85.1 Å². The zero-order chi connectivity index (χ0) is 9.80. The summed E-state index contributed by atoms with van der Waals surface area (Å²) in [6.45, 7) is 0. The average Bonchev–Trinajstić information content (AvgIpc) is 2.72. The van der Waals surface area contributed by atoms with Gasteiger partial charge in [0.15, 0.2) is 5.78 Å². The first-order chi connectivity index (χ1) is 6.86. The third kappa shape index (κ3) is 2.22. The molecule has 14 heavy (non-hydrogen) atoms. The molecule has 1 aliphatic carbocycles. The molecule has 0 heterocycles. The maximum Gasteiger partial charge on any atom is 0.163 e. The Morgan fingerprint density at radius 3 is 2.29 bits per heavy atom. The minimum atomic E-state index is 0.178. The quantitative estimate of drug-likeness (QED) is 0.658. The predicted molar refractivity (Wildman–Crippen MR) is 55.8 cm³/mol. The van der Waals surface area contributed by atoms with Crippen LogP contribution in [0.15, 0.2) is 30.3 Å². The summed E-state index contributed by atoms with van der Waals surface area (Å²) in [5, 5.41) is 0. The molecule has 69 valence electrons. The van der Waals surface area contributed by atoms with Crippen LogP contribution < -0.4 is 0 Å². The van der Waals surface area contributed by atoms with Gasteiger partial charge in [-0.05, 0) is 31.6 Å². The van der Waals surface area contributed by atoms with Gasteiger partial charge in [0.25, 0.3) is 0 Å². The van der Waals surface area contributed by atoms with Crippen molar-refractivity contribution in [3.8, 4) is 0 Å². The Morgan fingerprint density at radius 2 is 1.64 bits per heavy atom. The van der Waals surface area contributed by atoms with Crippen LogP contribution in [-0.4, -0.2) is 5.78 Å². The molecule has 0 unspecified atom stereocenters. The fourth-order valence-corrected chi connectivity index (χ4v) is 1.44. The molecule has 1 aromatic carbocycles. The molecule has 0 saturated heterocycles. The van der Waals surface area contributed by atoms with Crippen LogP contribution in [0.3, 0.4) is 0 Å². The molecule has 1 saturated carbocycles. The predicted octanol–water partition coefficient (Wildman–Crippen LogP) is 2.66. The van der Waals surface area contributed by atoms with Gasteiger partial charge >= 0.3 is 0 Å². The molecule has 0 N–H and O–H groups in total. The van der Waals surface area contributed by atoms with Gasteiger partial charge in [-0.25, -0.2) is 0 Å². The van der Waals surface area contributed by atoms with E-state index in [-0.39, 0.29) is 5.78 Å². The van der Waals surface area contributed by atoms with Gasteiger partial charge in [-0.3, -0.25) is 4.79 Å². The number of Topliss-reactive ketones (excluding diaryl/α,β-unsaturated/α-hetero) is 1. The summed E-state index contributed by atoms with van der Waals surface area (Å²) in [7, 11) is 0. The number of ketones is 1. The smallest absolute Gasteiger partial charge is 0.163 e. The Kier molecular flexibility index (Phi) is 2.97. The lowest BCUT2D eigenvalue weighted by molar-refractivity contribution is 0.0989. The minimum Gasteiger partial charge on any atom is -0.294 e. The maximum atomic E-state index is 11.7. The van der Waals surface area contributed by atoms with E-state index in [1.54, 1.807) is 0 Å². The average molecular weight is 183 g/mol. The van der Waals surface area contributed by atoms with E-state index in [2.05, 4.69) is 0 Å². The Hall–Kier alpha value is -1.11. The summed E-state index contributed by atoms with van der Waals surface area (Å²) in [4.78, 5) is 11.7. The van der Waals surface area contributed by atoms with Crippen LogP contribution in [0.2, 0.25) is 0 Å². The highest BCUT2D eigenvalue weighted by molar-refractivity contribution is 5.97. The molecule has 2 rings (SSSR count). The summed E-state index contributed by atoms with van der Waals surface area (Å²) in [5.74, 6) is 1.26. The number of hydrogen-bond acceptors (Lipinski definition) is 1. The van der Waals surface area contributed by atoms with Crippen LogP contribution in [0.4, 0.5) is 0 Å². The van der Waals surface area contributed by atoms with E-state index in [0.717, 1.165) is 11.5 Å². The van der Waals surface area contributed by atoms with E-state index in [0.29, 0.717) is 6.42 Å². The zero-order valence-electron chi connectivity index (χ0n) is 7.81. The van der Waals surface area contributed by atoms with Crippen molar-refractivity contribution in [2.24, 2.45) is 0 Å². The van der Waals surface area contributed by atoms with Crippen LogP contribution in [0.5, 0.6) is 0 Å². The third-order valence-corrected chi connectivity index (χ3v) is 2.19. The first kappa shape index (κ1) is 9.45. The lowest BCUT2D eigenvalue weighted by Gasteiger charge is -2.05. The van der Waals surface area contributed by atoms with Crippen LogP contribution >= 0.6 is 0 Å². The second-order valence-electron chi connectivity index (χ2n) is 3.26. The van der Waals surface area contributed by atoms with Crippen LogP contribution in [0.25, 0.3) is 0 Å². The molecule has 0 spiro atoms. The number of benzene rings is 1. The molecule has 5 radical (unpaired) electrons. The molecule has 1 aromatic rings. The number of rotatable bonds is 3. The highest BCUT2D eigenvalue weighted by Crippen LogP contribution is 2.27.